The van der Waals surface area contributed by atoms with E-state index in [1.165, 1.54) is 11.8 Å². The molecule has 1 aromatic carbocycles. The van der Waals surface area contributed by atoms with Gasteiger partial charge in [-0.05, 0) is 62.8 Å². The zero-order chi connectivity index (χ0) is 25.3. The fourth-order valence-corrected chi connectivity index (χ4v) is 5.20. The first kappa shape index (κ1) is 28.9. The van der Waals surface area contributed by atoms with Crippen molar-refractivity contribution >= 4 is 30.0 Å². The van der Waals surface area contributed by atoms with Gasteiger partial charge in [0.25, 0.3) is 5.91 Å². The lowest BCUT2D eigenvalue weighted by atomic mass is 9.95. The quantitative estimate of drug-likeness (QED) is 0.511. The van der Waals surface area contributed by atoms with Crippen molar-refractivity contribution in [2.75, 3.05) is 57.8 Å². The summed E-state index contributed by atoms with van der Waals surface area (Å²) in [4.78, 5) is 31.7. The molecule has 37 heavy (non-hydrogen) atoms. The molecule has 2 aliphatic rings. The summed E-state index contributed by atoms with van der Waals surface area (Å²) in [5.74, 6) is 0.438. The van der Waals surface area contributed by atoms with Crippen LogP contribution >= 0.6 is 12.4 Å². The number of hydrogen-bond acceptors (Lipinski definition) is 5. The number of H-pyrrole nitrogens is 1. The molecule has 0 spiro atoms. The summed E-state index contributed by atoms with van der Waals surface area (Å²) in [7, 11) is 0. The van der Waals surface area contributed by atoms with Crippen LogP contribution in [-0.4, -0.2) is 95.4 Å². The van der Waals surface area contributed by atoms with Crippen molar-refractivity contribution in [3.05, 3.63) is 47.8 Å². The van der Waals surface area contributed by atoms with Crippen LogP contribution in [-0.2, 0) is 11.2 Å². The molecule has 2 aromatic rings. The first-order valence-electron chi connectivity index (χ1n) is 13.3. The van der Waals surface area contributed by atoms with Crippen molar-refractivity contribution in [1.82, 2.24) is 24.9 Å². The molecule has 2 aliphatic heterocycles. The molecule has 10 heteroatoms. The number of benzene rings is 1. The number of nitrogens with zero attached hydrogens (tertiary/aromatic N) is 4. The minimum Gasteiger partial charge on any atom is -0.378 e. The lowest BCUT2D eigenvalue weighted by Crippen LogP contribution is -2.51. The van der Waals surface area contributed by atoms with Gasteiger partial charge in [0.2, 0.25) is 0 Å². The highest BCUT2D eigenvalue weighted by atomic mass is 35.5. The molecule has 204 valence electrons. The van der Waals surface area contributed by atoms with Crippen molar-refractivity contribution in [3.63, 3.8) is 0 Å². The first-order valence-corrected chi connectivity index (χ1v) is 13.3. The van der Waals surface area contributed by atoms with E-state index in [0.717, 1.165) is 57.5 Å². The third kappa shape index (κ3) is 8.18. The number of hydrogen-bond donors (Lipinski definition) is 2. The monoisotopic (exact) mass is 532 g/mol. The Bertz CT molecular complexity index is 974. The number of morpholine rings is 1. The number of rotatable bonds is 9. The Morgan fingerprint density at radius 3 is 2.59 bits per heavy atom. The summed E-state index contributed by atoms with van der Waals surface area (Å²) in [6, 6.07) is 8.67. The molecule has 2 fully saturated rings. The van der Waals surface area contributed by atoms with Crippen LogP contribution in [0.5, 0.6) is 0 Å². The van der Waals surface area contributed by atoms with E-state index in [0.29, 0.717) is 43.8 Å². The van der Waals surface area contributed by atoms with Crippen LogP contribution in [0.1, 0.15) is 49.0 Å². The van der Waals surface area contributed by atoms with Crippen molar-refractivity contribution in [2.45, 2.75) is 45.6 Å². The fraction of sp³-hybridized carbons (Fsp3) is 0.593. The molecular weight excluding hydrogens is 492 g/mol. The van der Waals surface area contributed by atoms with Gasteiger partial charge in [0, 0.05) is 50.6 Å². The molecule has 2 N–H and O–H groups in total. The number of carbonyl (C=O) groups excluding carboxylic acids is 2. The van der Waals surface area contributed by atoms with Crippen molar-refractivity contribution in [2.24, 2.45) is 5.92 Å². The number of ether oxygens (including phenoxy) is 1. The first-order chi connectivity index (χ1) is 17.5. The van der Waals surface area contributed by atoms with Crippen LogP contribution in [0.15, 0.2) is 36.7 Å². The van der Waals surface area contributed by atoms with E-state index >= 15 is 0 Å². The fourth-order valence-electron chi connectivity index (χ4n) is 5.20. The smallest absolute Gasteiger partial charge is 0.320 e. The number of amides is 3. The van der Waals surface area contributed by atoms with Crippen LogP contribution < -0.4 is 5.32 Å². The van der Waals surface area contributed by atoms with E-state index in [4.69, 9.17) is 4.74 Å². The summed E-state index contributed by atoms with van der Waals surface area (Å²) in [6.07, 6.45) is 7.25. The average molecular weight is 533 g/mol. The highest BCUT2D eigenvalue weighted by molar-refractivity contribution is 6.03. The maximum Gasteiger partial charge on any atom is 0.320 e. The number of piperidine rings is 1. The Morgan fingerprint density at radius 1 is 1.19 bits per heavy atom. The Balaban J connectivity index is 0.00000380. The molecule has 3 heterocycles. The third-order valence-corrected chi connectivity index (χ3v) is 7.27. The largest absolute Gasteiger partial charge is 0.378 e. The predicted octanol–water partition coefficient (Wildman–Crippen LogP) is 3.89. The maximum atomic E-state index is 12.8. The minimum absolute atomic E-state index is 0. The van der Waals surface area contributed by atoms with Crippen LogP contribution in [0.4, 0.5) is 10.5 Å². The van der Waals surface area contributed by atoms with Gasteiger partial charge in [-0.2, -0.15) is 5.10 Å². The molecule has 0 aliphatic carbocycles. The Labute approximate surface area is 226 Å². The number of urea groups is 1. The van der Waals surface area contributed by atoms with E-state index in [1.54, 1.807) is 6.20 Å². The highest BCUT2D eigenvalue weighted by Gasteiger charge is 2.28. The number of nitrogens with one attached hydrogen (secondary N) is 2. The second-order valence-corrected chi connectivity index (χ2v) is 10.0. The zero-order valence-corrected chi connectivity index (χ0v) is 22.8. The SMILES string of the molecule is CCCN(CC1CCN(C(=O)N2CCOCC2)CC1)C(C)Cc1cccc(NC(=O)c2cn[nH]c2)c1.Cl. The van der Waals surface area contributed by atoms with E-state index in [2.05, 4.69) is 46.4 Å². The molecule has 0 radical (unpaired) electrons. The van der Waals surface area contributed by atoms with Gasteiger partial charge in [-0.1, -0.05) is 19.1 Å². The molecule has 9 nitrogen and oxygen atoms in total. The van der Waals surface area contributed by atoms with Crippen molar-refractivity contribution in [3.8, 4) is 0 Å². The normalized spacial score (nSPS) is 17.4. The summed E-state index contributed by atoms with van der Waals surface area (Å²) in [6.45, 7) is 11.0. The van der Waals surface area contributed by atoms with Gasteiger partial charge in [-0.15, -0.1) is 12.4 Å². The van der Waals surface area contributed by atoms with Gasteiger partial charge >= 0.3 is 6.03 Å². The Morgan fingerprint density at radius 2 is 1.92 bits per heavy atom. The molecule has 3 amide bonds. The molecule has 1 atom stereocenters. The number of carbonyl (C=O) groups is 2. The summed E-state index contributed by atoms with van der Waals surface area (Å²) in [5, 5.41) is 9.48. The Kier molecular flexibility index (Phi) is 11.2. The molecule has 4 rings (SSSR count). The van der Waals surface area contributed by atoms with Crippen LogP contribution in [0.3, 0.4) is 0 Å². The van der Waals surface area contributed by atoms with Crippen molar-refractivity contribution < 1.29 is 14.3 Å². The number of aromatic nitrogens is 2. The number of aromatic amines is 1. The summed E-state index contributed by atoms with van der Waals surface area (Å²) in [5.41, 5.74) is 2.52. The van der Waals surface area contributed by atoms with Gasteiger partial charge in [0.15, 0.2) is 0 Å². The molecule has 1 unspecified atom stereocenters. The van der Waals surface area contributed by atoms with E-state index in [-0.39, 0.29) is 24.3 Å². The average Bonchev–Trinajstić information content (AvgIpc) is 3.45. The standard InChI is InChI=1S/C27H40N6O3.ClH/c1-3-9-33(20-22-7-10-31(11-8-22)27(35)32-12-14-36-15-13-32)21(2)16-23-5-4-6-25(17-23)30-26(34)24-18-28-29-19-24;/h4-6,17-19,21-22H,3,7-16,20H2,1-2H3,(H,28,29)(H,30,34);1H. The number of anilines is 1. The maximum absolute atomic E-state index is 12.8. The predicted molar refractivity (Wildman–Crippen MR) is 147 cm³/mol. The second kappa shape index (κ2) is 14.4. The van der Waals surface area contributed by atoms with Crippen LogP contribution in [0, 0.1) is 5.92 Å². The van der Waals surface area contributed by atoms with Crippen molar-refractivity contribution in [1.29, 1.82) is 0 Å². The number of halogens is 1. The van der Waals surface area contributed by atoms with Gasteiger partial charge in [0.1, 0.15) is 0 Å². The third-order valence-electron chi connectivity index (χ3n) is 7.27. The lowest BCUT2D eigenvalue weighted by Gasteiger charge is -2.39. The summed E-state index contributed by atoms with van der Waals surface area (Å²) >= 11 is 0. The second-order valence-electron chi connectivity index (χ2n) is 10.0. The van der Waals surface area contributed by atoms with Gasteiger partial charge in [-0.25, -0.2) is 4.79 Å². The summed E-state index contributed by atoms with van der Waals surface area (Å²) < 4.78 is 5.38. The van der Waals surface area contributed by atoms with E-state index < -0.39 is 0 Å². The van der Waals surface area contributed by atoms with Crippen LogP contribution in [0.2, 0.25) is 0 Å². The minimum atomic E-state index is -0.167. The zero-order valence-electron chi connectivity index (χ0n) is 22.0. The number of likely N-dealkylation sites (tertiary alicyclic amines) is 1. The molecule has 2 saturated heterocycles. The molecule has 1 aromatic heterocycles. The lowest BCUT2D eigenvalue weighted by molar-refractivity contribution is 0.0386. The van der Waals surface area contributed by atoms with E-state index in [9.17, 15) is 9.59 Å². The topological polar surface area (TPSA) is 93.8 Å². The van der Waals surface area contributed by atoms with Gasteiger partial charge in [-0.3, -0.25) is 9.89 Å². The van der Waals surface area contributed by atoms with E-state index in [1.807, 2.05) is 21.9 Å². The molecule has 0 bridgehead atoms. The highest BCUT2D eigenvalue weighted by Crippen LogP contribution is 2.22. The van der Waals surface area contributed by atoms with Gasteiger partial charge < -0.3 is 24.8 Å². The molecule has 0 saturated carbocycles. The molecular formula is C27H41ClN6O3. The Hall–Kier alpha value is -2.62. The van der Waals surface area contributed by atoms with Crippen LogP contribution in [0.25, 0.3) is 0 Å². The van der Waals surface area contributed by atoms with Gasteiger partial charge in [0.05, 0.1) is 25.0 Å².